The lowest BCUT2D eigenvalue weighted by atomic mass is 9.88. The third-order valence-electron chi connectivity index (χ3n) is 5.39. The Morgan fingerprint density at radius 3 is 2.67 bits per heavy atom. The first-order valence-corrected chi connectivity index (χ1v) is 9.56. The first kappa shape index (κ1) is 17.8. The third kappa shape index (κ3) is 5.26. The van der Waals surface area contributed by atoms with Crippen LogP contribution in [0.4, 0.5) is 0 Å². The molecular weight excluding hydrogens is 304 g/mol. The van der Waals surface area contributed by atoms with Crippen molar-refractivity contribution in [3.63, 3.8) is 0 Å². The Balaban J connectivity index is 1.36. The molecule has 2 aliphatic rings. The minimum absolute atomic E-state index is 0.490. The van der Waals surface area contributed by atoms with Crippen LogP contribution in [0.5, 0.6) is 0 Å². The molecule has 0 bridgehead atoms. The maximum absolute atomic E-state index is 6.18. The maximum Gasteiger partial charge on any atom is 0.223 e. The van der Waals surface area contributed by atoms with Crippen molar-refractivity contribution in [3.05, 3.63) is 11.7 Å². The van der Waals surface area contributed by atoms with Crippen LogP contribution in [0.15, 0.2) is 4.52 Å². The Bertz CT molecular complexity index is 493. The fourth-order valence-electron chi connectivity index (χ4n) is 3.87. The van der Waals surface area contributed by atoms with E-state index in [1.165, 1.54) is 32.1 Å². The monoisotopic (exact) mass is 336 g/mol. The number of nitrogens with zero attached hydrogens (tertiary/aromatic N) is 4. The number of hydrogen-bond acceptors (Lipinski definition) is 6. The van der Waals surface area contributed by atoms with Gasteiger partial charge in [0.25, 0.3) is 0 Å². The van der Waals surface area contributed by atoms with Crippen LogP contribution < -0.4 is 0 Å². The number of ether oxygens (including phenoxy) is 1. The van der Waals surface area contributed by atoms with E-state index in [0.717, 1.165) is 57.6 Å². The van der Waals surface area contributed by atoms with Crippen molar-refractivity contribution in [3.8, 4) is 0 Å². The summed E-state index contributed by atoms with van der Waals surface area (Å²) < 4.78 is 11.2. The minimum atomic E-state index is 0.490. The Hall–Kier alpha value is -0.980. The van der Waals surface area contributed by atoms with E-state index >= 15 is 0 Å². The summed E-state index contributed by atoms with van der Waals surface area (Å²) in [6, 6.07) is 0. The van der Waals surface area contributed by atoms with E-state index in [1.54, 1.807) is 0 Å². The molecule has 0 spiro atoms. The van der Waals surface area contributed by atoms with Gasteiger partial charge >= 0.3 is 0 Å². The number of aryl methyl sites for hydroxylation is 1. The highest BCUT2D eigenvalue weighted by Crippen LogP contribution is 2.26. The fraction of sp³-hybridized carbons (Fsp3) is 0.889. The Morgan fingerprint density at radius 1 is 1.08 bits per heavy atom. The molecule has 6 heteroatoms. The second kappa shape index (κ2) is 8.92. The Kier molecular flexibility index (Phi) is 6.63. The van der Waals surface area contributed by atoms with Crippen LogP contribution in [0, 0.1) is 12.8 Å². The maximum atomic E-state index is 6.18. The van der Waals surface area contributed by atoms with E-state index < -0.39 is 0 Å². The summed E-state index contributed by atoms with van der Waals surface area (Å²) in [4.78, 5) is 9.27. The van der Waals surface area contributed by atoms with Gasteiger partial charge in [0.05, 0.1) is 19.3 Å². The topological polar surface area (TPSA) is 54.6 Å². The van der Waals surface area contributed by atoms with E-state index in [0.29, 0.717) is 12.0 Å². The normalized spacial score (nSPS) is 27.2. The molecule has 2 atom stereocenters. The van der Waals surface area contributed by atoms with Crippen LogP contribution in [-0.4, -0.2) is 65.4 Å². The average molecular weight is 336 g/mol. The highest BCUT2D eigenvalue weighted by molar-refractivity contribution is 4.85. The zero-order valence-corrected chi connectivity index (χ0v) is 15.2. The van der Waals surface area contributed by atoms with Gasteiger partial charge in [-0.2, -0.15) is 4.98 Å². The number of rotatable bonds is 6. The van der Waals surface area contributed by atoms with Crippen LogP contribution in [-0.2, 0) is 11.3 Å². The van der Waals surface area contributed by atoms with Gasteiger partial charge in [-0.25, -0.2) is 0 Å². The molecule has 1 saturated heterocycles. The molecule has 2 unspecified atom stereocenters. The zero-order chi connectivity index (χ0) is 16.8. The first-order valence-electron chi connectivity index (χ1n) is 9.56. The van der Waals surface area contributed by atoms with Crippen molar-refractivity contribution in [1.82, 2.24) is 19.9 Å². The molecule has 3 rings (SSSR count). The van der Waals surface area contributed by atoms with Gasteiger partial charge in [-0.1, -0.05) is 24.9 Å². The second-order valence-electron chi connectivity index (χ2n) is 7.37. The largest absolute Gasteiger partial charge is 0.377 e. The molecule has 1 aromatic heterocycles. The lowest BCUT2D eigenvalue weighted by molar-refractivity contribution is -0.0134. The zero-order valence-electron chi connectivity index (χ0n) is 15.2. The quantitative estimate of drug-likeness (QED) is 0.795. The van der Waals surface area contributed by atoms with E-state index in [4.69, 9.17) is 9.26 Å². The van der Waals surface area contributed by atoms with E-state index in [-0.39, 0.29) is 0 Å². The first-order chi connectivity index (χ1) is 11.7. The third-order valence-corrected chi connectivity index (χ3v) is 5.39. The molecule has 2 heterocycles. The molecule has 136 valence electrons. The van der Waals surface area contributed by atoms with Crippen LogP contribution in [0.3, 0.4) is 0 Å². The average Bonchev–Trinajstić information content (AvgIpc) is 2.85. The van der Waals surface area contributed by atoms with Crippen molar-refractivity contribution in [2.45, 2.75) is 58.6 Å². The van der Waals surface area contributed by atoms with E-state index in [2.05, 4.69) is 26.9 Å². The molecule has 0 aromatic carbocycles. The lowest BCUT2D eigenvalue weighted by Crippen LogP contribution is -2.34. The smallest absolute Gasteiger partial charge is 0.223 e. The molecular formula is C18H32N4O2. The van der Waals surface area contributed by atoms with Crippen molar-refractivity contribution >= 4 is 0 Å². The highest BCUT2D eigenvalue weighted by Gasteiger charge is 2.22. The van der Waals surface area contributed by atoms with Crippen LogP contribution in [0.2, 0.25) is 0 Å². The van der Waals surface area contributed by atoms with Gasteiger partial charge in [0.2, 0.25) is 5.89 Å². The summed E-state index contributed by atoms with van der Waals surface area (Å²) >= 11 is 0. The number of aromatic nitrogens is 2. The standard InChI is InChI=1S/C18H32N4O2/c1-15-6-3-4-7-17(15)23-13-12-21-8-5-9-22(11-10-21)14-18-19-16(2)24-20-18/h15,17H,3-14H2,1-2H3. The molecule has 1 aromatic rings. The van der Waals surface area contributed by atoms with Crippen molar-refractivity contribution in [2.24, 2.45) is 5.92 Å². The molecule has 6 nitrogen and oxygen atoms in total. The molecule has 24 heavy (non-hydrogen) atoms. The van der Waals surface area contributed by atoms with Gasteiger partial charge in [-0.3, -0.25) is 9.80 Å². The molecule has 1 aliphatic carbocycles. The highest BCUT2D eigenvalue weighted by atomic mass is 16.5. The lowest BCUT2D eigenvalue weighted by Gasteiger charge is -2.30. The summed E-state index contributed by atoms with van der Waals surface area (Å²) in [6.45, 7) is 11.3. The van der Waals surface area contributed by atoms with Crippen molar-refractivity contribution < 1.29 is 9.26 Å². The van der Waals surface area contributed by atoms with Gasteiger partial charge in [0, 0.05) is 26.6 Å². The summed E-state index contributed by atoms with van der Waals surface area (Å²) in [7, 11) is 0. The van der Waals surface area contributed by atoms with Crippen LogP contribution in [0.25, 0.3) is 0 Å². The van der Waals surface area contributed by atoms with Gasteiger partial charge in [0.1, 0.15) is 0 Å². The van der Waals surface area contributed by atoms with Crippen molar-refractivity contribution in [1.29, 1.82) is 0 Å². The SMILES string of the molecule is Cc1nc(CN2CCCN(CCOC3CCCCC3C)CC2)no1. The summed E-state index contributed by atoms with van der Waals surface area (Å²) in [5, 5.41) is 4.01. The summed E-state index contributed by atoms with van der Waals surface area (Å²) in [5.41, 5.74) is 0. The second-order valence-corrected chi connectivity index (χ2v) is 7.37. The van der Waals surface area contributed by atoms with Gasteiger partial charge < -0.3 is 9.26 Å². The Morgan fingerprint density at radius 2 is 1.88 bits per heavy atom. The molecule has 0 amide bonds. The van der Waals surface area contributed by atoms with Gasteiger partial charge in [-0.15, -0.1) is 0 Å². The fourth-order valence-corrected chi connectivity index (χ4v) is 3.87. The summed E-state index contributed by atoms with van der Waals surface area (Å²) in [5.74, 6) is 2.18. The van der Waals surface area contributed by atoms with E-state index in [9.17, 15) is 0 Å². The van der Waals surface area contributed by atoms with Gasteiger partial charge in [0.15, 0.2) is 5.82 Å². The Labute approximate surface area is 145 Å². The summed E-state index contributed by atoms with van der Waals surface area (Å²) in [6.07, 6.45) is 6.98. The molecule has 1 aliphatic heterocycles. The van der Waals surface area contributed by atoms with Crippen LogP contribution in [0.1, 0.15) is 50.7 Å². The molecule has 0 radical (unpaired) electrons. The van der Waals surface area contributed by atoms with E-state index in [1.807, 2.05) is 6.92 Å². The van der Waals surface area contributed by atoms with Crippen LogP contribution >= 0.6 is 0 Å². The molecule has 1 saturated carbocycles. The van der Waals surface area contributed by atoms with Gasteiger partial charge in [-0.05, 0) is 38.3 Å². The molecule has 2 fully saturated rings. The molecule has 0 N–H and O–H groups in total. The predicted octanol–water partition coefficient (Wildman–Crippen LogP) is 2.48. The predicted molar refractivity (Wildman–Crippen MR) is 92.7 cm³/mol. The van der Waals surface area contributed by atoms with Crippen molar-refractivity contribution in [2.75, 3.05) is 39.3 Å². The minimum Gasteiger partial charge on any atom is -0.377 e. The number of hydrogen-bond donors (Lipinski definition) is 0.